The standard InChI is InChI=1S/C22H36AtN3O3S/c1-4-16(13-23)22(2,3)25-20(27)18-19(30-17-7-5-6-8-17)21(26-29-18)28-14-15-9-11-24-12-10-15/h15-17,24H,4-14H2,1-3H3,(H,25,27). The second-order valence-electron chi connectivity index (χ2n) is 9.11. The zero-order valence-corrected chi connectivity index (χ0v) is 22.2. The first kappa shape index (κ1) is 24.3. The molecule has 3 rings (SSSR count). The van der Waals surface area contributed by atoms with Crippen LogP contribution in [0.3, 0.4) is 0 Å². The van der Waals surface area contributed by atoms with Gasteiger partial charge in [0.1, 0.15) is 0 Å². The van der Waals surface area contributed by atoms with Crippen LogP contribution in [0.4, 0.5) is 0 Å². The fourth-order valence-corrected chi connectivity index (χ4v) is 7.97. The van der Waals surface area contributed by atoms with E-state index in [-0.39, 0.29) is 11.4 Å². The van der Waals surface area contributed by atoms with Crippen molar-refractivity contribution in [3.05, 3.63) is 5.76 Å². The zero-order valence-electron chi connectivity index (χ0n) is 18.5. The number of carbonyl (C=O) groups excluding carboxylic acids is 1. The third-order valence-electron chi connectivity index (χ3n) is 6.46. The summed E-state index contributed by atoms with van der Waals surface area (Å²) in [6.07, 6.45) is 8.10. The minimum atomic E-state index is -0.293. The average molecular weight is 633 g/mol. The molecule has 0 spiro atoms. The number of hydrogen-bond acceptors (Lipinski definition) is 6. The number of thioether (sulfide) groups is 1. The summed E-state index contributed by atoms with van der Waals surface area (Å²) in [4.78, 5) is 14.0. The molecule has 2 fully saturated rings. The molecule has 0 aromatic carbocycles. The van der Waals surface area contributed by atoms with Gasteiger partial charge in [-0.1, -0.05) is 0 Å². The van der Waals surface area contributed by atoms with E-state index in [9.17, 15) is 4.79 Å². The molecule has 170 valence electrons. The zero-order chi connectivity index (χ0) is 21.6. The maximum absolute atomic E-state index is 13.2. The van der Waals surface area contributed by atoms with Crippen LogP contribution in [-0.2, 0) is 0 Å². The summed E-state index contributed by atoms with van der Waals surface area (Å²) in [6.45, 7) is 9.10. The Morgan fingerprint density at radius 3 is 2.67 bits per heavy atom. The van der Waals surface area contributed by atoms with Crippen molar-refractivity contribution < 1.29 is 38.8 Å². The van der Waals surface area contributed by atoms with Gasteiger partial charge in [-0.3, -0.25) is 0 Å². The van der Waals surface area contributed by atoms with Crippen LogP contribution in [0, 0.1) is 36.6 Å². The molecule has 1 amide bonds. The van der Waals surface area contributed by atoms with Gasteiger partial charge in [0.2, 0.25) is 0 Å². The van der Waals surface area contributed by atoms with Gasteiger partial charge in [-0.2, -0.15) is 0 Å². The molecule has 6 nitrogen and oxygen atoms in total. The quantitative estimate of drug-likeness (QED) is 0.393. The van der Waals surface area contributed by atoms with Crippen LogP contribution < -0.4 is 15.4 Å². The Labute approximate surface area is 200 Å². The number of carbonyl (C=O) groups is 1. The molecular formula is C22H36AtN3O3S. The van der Waals surface area contributed by atoms with Gasteiger partial charge in [-0.15, -0.1) is 0 Å². The number of piperidine rings is 1. The van der Waals surface area contributed by atoms with E-state index in [2.05, 4.69) is 36.6 Å². The van der Waals surface area contributed by atoms with Gasteiger partial charge < -0.3 is 5.32 Å². The van der Waals surface area contributed by atoms with Crippen LogP contribution >= 0.6 is 11.8 Å². The van der Waals surface area contributed by atoms with Crippen molar-refractivity contribution in [2.75, 3.05) is 19.7 Å². The van der Waals surface area contributed by atoms with Gasteiger partial charge in [0.15, 0.2) is 0 Å². The molecule has 2 aliphatic rings. The molecule has 2 N–H and O–H groups in total. The molecular weight excluding hydrogens is 596 g/mol. The van der Waals surface area contributed by atoms with Crippen molar-refractivity contribution in [2.24, 2.45) is 11.8 Å². The van der Waals surface area contributed by atoms with Crippen molar-refractivity contribution in [1.29, 1.82) is 0 Å². The number of ether oxygens (including phenoxy) is 1. The third-order valence-corrected chi connectivity index (χ3v) is 9.31. The monoisotopic (exact) mass is 632 g/mol. The summed E-state index contributed by atoms with van der Waals surface area (Å²) in [5.74, 6) is 1.60. The Morgan fingerprint density at radius 2 is 2.03 bits per heavy atom. The first-order valence-electron chi connectivity index (χ1n) is 11.3. The van der Waals surface area contributed by atoms with Gasteiger partial charge in [-0.25, -0.2) is 0 Å². The Morgan fingerprint density at radius 1 is 1.33 bits per heavy atom. The third kappa shape index (κ3) is 6.35. The molecule has 30 heavy (non-hydrogen) atoms. The van der Waals surface area contributed by atoms with E-state index in [0.29, 0.717) is 35.3 Å². The summed E-state index contributed by atoms with van der Waals surface area (Å²) in [7, 11) is 0. The van der Waals surface area contributed by atoms with Crippen molar-refractivity contribution in [3.8, 4) is 5.88 Å². The first-order valence-corrected chi connectivity index (χ1v) is 14.3. The fraction of sp³-hybridized carbons (Fsp3) is 0.818. The Balaban J connectivity index is 1.74. The summed E-state index contributed by atoms with van der Waals surface area (Å²) in [6, 6.07) is 0. The Hall–Kier alpha value is -0.327. The number of rotatable bonds is 10. The van der Waals surface area contributed by atoms with Crippen LogP contribution in [0.2, 0.25) is 4.13 Å². The molecule has 1 saturated carbocycles. The molecule has 8 heteroatoms. The van der Waals surface area contributed by atoms with Crippen LogP contribution in [0.25, 0.3) is 0 Å². The molecule has 2 heterocycles. The van der Waals surface area contributed by atoms with E-state index in [1.54, 1.807) is 36.5 Å². The minimum absolute atomic E-state index is 0.178. The Kier molecular flexibility index (Phi) is 9.33. The van der Waals surface area contributed by atoms with E-state index >= 15 is 0 Å². The molecule has 0 radical (unpaired) electrons. The van der Waals surface area contributed by atoms with Crippen molar-refractivity contribution in [3.63, 3.8) is 0 Å². The van der Waals surface area contributed by atoms with E-state index < -0.39 is 0 Å². The molecule has 1 atom stereocenters. The second kappa shape index (κ2) is 11.5. The SMILES string of the molecule is CCC(C[At])C(C)(C)NC(=O)c1onc(OCC2CCNCC2)c1SC1CCCC1. The van der Waals surface area contributed by atoms with E-state index in [1.165, 1.54) is 25.7 Å². The molecule has 1 aliphatic heterocycles. The first-order chi connectivity index (χ1) is 14.4. The summed E-state index contributed by atoms with van der Waals surface area (Å²) < 4.78 is 12.8. The normalized spacial score (nSPS) is 19.7. The molecule has 1 saturated heterocycles. The molecule has 1 aromatic heterocycles. The van der Waals surface area contributed by atoms with E-state index in [0.717, 1.165) is 41.4 Å². The van der Waals surface area contributed by atoms with Crippen LogP contribution in [-0.4, -0.2) is 41.5 Å². The number of nitrogens with zero attached hydrogens (tertiary/aromatic N) is 1. The number of aromatic nitrogens is 1. The summed E-state index contributed by atoms with van der Waals surface area (Å²) >= 11 is 3.47. The van der Waals surface area contributed by atoms with E-state index in [1.807, 2.05) is 0 Å². The van der Waals surface area contributed by atoms with Crippen LogP contribution in [0.5, 0.6) is 5.88 Å². The molecule has 1 unspecified atom stereocenters. The van der Waals surface area contributed by atoms with Crippen LogP contribution in [0.15, 0.2) is 9.42 Å². The molecule has 0 bridgehead atoms. The number of nitrogens with one attached hydrogen (secondary N) is 2. The number of hydrogen-bond donors (Lipinski definition) is 2. The predicted octanol–water partition coefficient (Wildman–Crippen LogP) is 4.59. The maximum atomic E-state index is 13.2. The van der Waals surface area contributed by atoms with E-state index in [4.69, 9.17) is 9.26 Å². The number of amides is 1. The van der Waals surface area contributed by atoms with Gasteiger partial charge >= 0.3 is 183 Å². The van der Waals surface area contributed by atoms with Gasteiger partial charge in [-0.05, 0) is 13.1 Å². The van der Waals surface area contributed by atoms with Crippen molar-refractivity contribution in [1.82, 2.24) is 15.8 Å². The molecule has 1 aliphatic carbocycles. The molecule has 1 aromatic rings. The van der Waals surface area contributed by atoms with Gasteiger partial charge in [0, 0.05) is 0 Å². The van der Waals surface area contributed by atoms with Crippen molar-refractivity contribution in [2.45, 2.75) is 85.5 Å². The predicted molar refractivity (Wildman–Crippen MR) is 116 cm³/mol. The van der Waals surface area contributed by atoms with Gasteiger partial charge in [0.05, 0.1) is 0 Å². The fourth-order valence-electron chi connectivity index (χ4n) is 4.29. The average Bonchev–Trinajstić information content (AvgIpc) is 3.38. The Bertz CT molecular complexity index is 681. The van der Waals surface area contributed by atoms with Gasteiger partial charge in [0.25, 0.3) is 0 Å². The summed E-state index contributed by atoms with van der Waals surface area (Å²) in [5, 5.41) is 11.3. The summed E-state index contributed by atoms with van der Waals surface area (Å²) in [5.41, 5.74) is -0.293. The van der Waals surface area contributed by atoms with Crippen LogP contribution in [0.1, 0.15) is 76.3 Å². The topological polar surface area (TPSA) is 76.4 Å². The second-order valence-corrected chi connectivity index (χ2v) is 11.6. The van der Waals surface area contributed by atoms with Crippen molar-refractivity contribution >= 4 is 17.7 Å².